The molecular weight excluding hydrogens is 395 g/mol. The average molecular weight is 412 g/mol. The van der Waals surface area contributed by atoms with Crippen LogP contribution < -0.4 is 0 Å². The molecule has 2 rings (SSSR count). The molecule has 0 atom stereocenters. The molecule has 2 aromatic rings. The Bertz CT molecular complexity index is 480. The van der Waals surface area contributed by atoms with Gasteiger partial charge in [0.15, 0.2) is 0 Å². The van der Waals surface area contributed by atoms with Crippen LogP contribution in [-0.2, 0) is 46.4 Å². The van der Waals surface area contributed by atoms with Gasteiger partial charge in [0.1, 0.15) is 0 Å². The molecule has 21 heavy (non-hydrogen) atoms. The van der Waals surface area contributed by atoms with Crippen molar-refractivity contribution in [3.63, 3.8) is 0 Å². The molecule has 0 unspecified atom stereocenters. The van der Waals surface area contributed by atoms with Crippen molar-refractivity contribution in [2.45, 2.75) is 0 Å². The Morgan fingerprint density at radius 3 is 0.857 bits per heavy atom. The average Bonchev–Trinajstić information content (AvgIpc) is 2.92. The van der Waals surface area contributed by atoms with Crippen LogP contribution in [0.5, 0.6) is 0 Å². The van der Waals surface area contributed by atoms with Crippen LogP contribution in [0.25, 0.3) is 0 Å². The van der Waals surface area contributed by atoms with E-state index in [1.54, 1.807) is 0 Å². The molecule has 0 aliphatic carbocycles. The van der Waals surface area contributed by atoms with E-state index in [9.17, 15) is 0 Å². The maximum atomic E-state index is 9.08. The van der Waals surface area contributed by atoms with Crippen molar-refractivity contribution in [2.24, 2.45) is 0 Å². The van der Waals surface area contributed by atoms with Crippen LogP contribution >= 0.6 is 0 Å². The Hall–Kier alpha value is -0.597. The third kappa shape index (κ3) is 66.5. The molecule has 6 nitrogen and oxygen atoms in total. The zero-order valence-electron chi connectivity index (χ0n) is 11.5. The van der Waals surface area contributed by atoms with Gasteiger partial charge in [0.05, 0.1) is 20.2 Å². The molecule has 116 valence electrons. The van der Waals surface area contributed by atoms with Gasteiger partial charge in [-0.05, 0) is 0 Å². The Morgan fingerprint density at radius 1 is 0.667 bits per heavy atom. The van der Waals surface area contributed by atoms with E-state index in [-0.39, 0.29) is 26.2 Å². The fourth-order valence-corrected chi connectivity index (χ4v) is 0.642. The third-order valence-corrected chi connectivity index (χ3v) is 1.11. The second-order valence-electron chi connectivity index (χ2n) is 3.33. The molecule has 0 aliphatic rings. The first-order valence-electron chi connectivity index (χ1n) is 5.15. The molecule has 0 heterocycles. The molecular formula is C12H16O6S2Zr. The Morgan fingerprint density at radius 2 is 0.810 bits per heavy atom. The van der Waals surface area contributed by atoms with E-state index in [0.29, 0.717) is 12.5 Å². The van der Waals surface area contributed by atoms with E-state index in [1.807, 2.05) is 60.7 Å². The molecule has 9 heteroatoms. The van der Waals surface area contributed by atoms with Gasteiger partial charge in [0.25, 0.3) is 0 Å². The molecule has 0 saturated heterocycles. The van der Waals surface area contributed by atoms with Crippen molar-refractivity contribution in [2.75, 3.05) is 12.5 Å². The summed E-state index contributed by atoms with van der Waals surface area (Å²) >= 11 is 0. The second kappa shape index (κ2) is 14.3. The van der Waals surface area contributed by atoms with Crippen molar-refractivity contribution in [1.82, 2.24) is 0 Å². The smallest absolute Gasteiger partial charge is 0.748 e. The molecule has 0 bridgehead atoms. The molecule has 0 saturated carbocycles. The quantitative estimate of drug-likeness (QED) is 0.474. The Kier molecular flexibility index (Phi) is 17.3. The molecule has 0 aliphatic heterocycles. The zero-order valence-corrected chi connectivity index (χ0v) is 15.6. The predicted molar refractivity (Wildman–Crippen MR) is 75.3 cm³/mol. The first kappa shape index (κ1) is 25.4. The van der Waals surface area contributed by atoms with Crippen LogP contribution in [-0.4, -0.2) is 38.5 Å². The minimum absolute atomic E-state index is 0. The van der Waals surface area contributed by atoms with Gasteiger partial charge < -0.3 is 9.11 Å². The maximum absolute atomic E-state index is 9.08. The van der Waals surface area contributed by atoms with E-state index >= 15 is 0 Å². The van der Waals surface area contributed by atoms with Gasteiger partial charge in [0.2, 0.25) is 0 Å². The van der Waals surface area contributed by atoms with Gasteiger partial charge in [-0.1, -0.05) is 0 Å². The summed E-state index contributed by atoms with van der Waals surface area (Å²) in [7, 11) is -7.83. The van der Waals surface area contributed by atoms with Gasteiger partial charge in [0, 0.05) is 12.5 Å². The van der Waals surface area contributed by atoms with E-state index in [2.05, 4.69) is 0 Å². The van der Waals surface area contributed by atoms with Crippen LogP contribution in [0.15, 0.2) is 60.7 Å². The van der Waals surface area contributed by atoms with E-state index in [0.717, 1.165) is 0 Å². The number of hydrogen-bond acceptors (Lipinski definition) is 6. The molecule has 0 spiro atoms. The first-order valence-corrected chi connectivity index (χ1v) is 8.78. The zero-order chi connectivity index (χ0) is 16.1. The van der Waals surface area contributed by atoms with E-state index in [4.69, 9.17) is 25.9 Å². The third-order valence-electron chi connectivity index (χ3n) is 1.11. The summed E-state index contributed by atoms with van der Waals surface area (Å²) in [6, 6.07) is 20.0. The van der Waals surface area contributed by atoms with Crippen molar-refractivity contribution in [1.29, 1.82) is 0 Å². The Balaban J connectivity index is -0.000000202. The summed E-state index contributed by atoms with van der Waals surface area (Å²) in [5, 5.41) is 0. The summed E-state index contributed by atoms with van der Waals surface area (Å²) < 4.78 is 54.5. The topological polar surface area (TPSA) is 114 Å². The largest absolute Gasteiger partial charge is 4.00 e. The molecule has 0 aromatic heterocycles. The Labute approximate surface area is 145 Å². The summed E-state index contributed by atoms with van der Waals surface area (Å²) in [4.78, 5) is 0. The van der Waals surface area contributed by atoms with Gasteiger partial charge in [-0.3, -0.25) is 0 Å². The summed E-state index contributed by atoms with van der Waals surface area (Å²) in [5.41, 5.74) is 0. The normalized spacial score (nSPS) is 9.33. The summed E-state index contributed by atoms with van der Waals surface area (Å²) in [6.07, 6.45) is 1.21. The van der Waals surface area contributed by atoms with Crippen LogP contribution in [0, 0.1) is 0 Å². The van der Waals surface area contributed by atoms with Crippen molar-refractivity contribution < 1.29 is 52.1 Å². The molecule has 0 radical (unpaired) electrons. The molecule has 2 aromatic carbocycles. The van der Waals surface area contributed by atoms with Crippen LogP contribution in [0.3, 0.4) is 0 Å². The van der Waals surface area contributed by atoms with Crippen molar-refractivity contribution in [3.05, 3.63) is 60.7 Å². The predicted octanol–water partition coefficient (Wildman–Crippen LogP) is 1.13. The fourth-order valence-electron chi connectivity index (χ4n) is 0.642. The molecule has 0 fully saturated rings. The first-order chi connectivity index (χ1) is 9.00. The van der Waals surface area contributed by atoms with Gasteiger partial charge >= 0.3 is 26.2 Å². The number of rotatable bonds is 0. The maximum Gasteiger partial charge on any atom is 4.00 e. The van der Waals surface area contributed by atoms with Crippen LogP contribution in [0.2, 0.25) is 0 Å². The van der Waals surface area contributed by atoms with Crippen molar-refractivity contribution >= 4 is 20.2 Å². The van der Waals surface area contributed by atoms with Crippen molar-refractivity contribution in [3.8, 4) is 0 Å². The standard InChI is InChI=1S/2C5H5.2CH4O3S.Zr/c2*1-2-4-5-3-1;2*1-5(2,3)4;/h2*1-5H;2*1H3,(H,2,3,4);/q2*-1;;;+4/p-2. The fraction of sp³-hybridized carbons (Fsp3) is 0.167. The number of hydrogen-bond donors (Lipinski definition) is 0. The van der Waals surface area contributed by atoms with Crippen LogP contribution in [0.4, 0.5) is 0 Å². The monoisotopic (exact) mass is 410 g/mol. The minimum atomic E-state index is -3.92. The van der Waals surface area contributed by atoms with E-state index < -0.39 is 20.2 Å². The van der Waals surface area contributed by atoms with E-state index in [1.165, 1.54) is 0 Å². The molecule has 0 amide bonds. The van der Waals surface area contributed by atoms with Crippen LogP contribution in [0.1, 0.15) is 0 Å². The van der Waals surface area contributed by atoms with Gasteiger partial charge in [-0.15, -0.1) is 0 Å². The SMILES string of the molecule is CS(=O)(=O)[O-].CS(=O)(=O)[O-].[Zr+4].c1cc[cH-]c1.c1cc[cH-]c1. The summed E-state index contributed by atoms with van der Waals surface area (Å²) in [5.74, 6) is 0. The second-order valence-corrected chi connectivity index (χ2v) is 6.15. The molecule has 0 N–H and O–H groups in total. The van der Waals surface area contributed by atoms with Gasteiger partial charge in [-0.25, -0.2) is 41.1 Å². The summed E-state index contributed by atoms with van der Waals surface area (Å²) in [6.45, 7) is 0. The van der Waals surface area contributed by atoms with Gasteiger partial charge in [-0.2, -0.15) is 36.4 Å². The minimum Gasteiger partial charge on any atom is -0.748 e.